The summed E-state index contributed by atoms with van der Waals surface area (Å²) in [5, 5.41) is 13.6. The fraction of sp³-hybridized carbons (Fsp3) is 0.522. The first kappa shape index (κ1) is 21.6. The SMILES string of the molecule is O[C@H](COc1ccc(CNCCCOc2cccnc2)cc1)CN1CCCCC1. The van der Waals surface area contributed by atoms with E-state index in [-0.39, 0.29) is 0 Å². The number of aromatic nitrogens is 1. The first-order valence-electron chi connectivity index (χ1n) is 10.7. The molecule has 2 N–H and O–H groups in total. The van der Waals surface area contributed by atoms with Crippen LogP contribution < -0.4 is 14.8 Å². The van der Waals surface area contributed by atoms with Crippen LogP contribution in [-0.2, 0) is 6.54 Å². The lowest BCUT2D eigenvalue weighted by atomic mass is 10.1. The molecule has 0 spiro atoms. The van der Waals surface area contributed by atoms with Crippen LogP contribution in [-0.4, -0.2) is 60.5 Å². The van der Waals surface area contributed by atoms with Gasteiger partial charge in [-0.1, -0.05) is 18.6 Å². The molecule has 2 aromatic rings. The highest BCUT2D eigenvalue weighted by Crippen LogP contribution is 2.14. The van der Waals surface area contributed by atoms with Crippen molar-refractivity contribution in [2.75, 3.05) is 39.4 Å². The van der Waals surface area contributed by atoms with E-state index in [4.69, 9.17) is 9.47 Å². The van der Waals surface area contributed by atoms with Gasteiger partial charge in [-0.3, -0.25) is 4.98 Å². The van der Waals surface area contributed by atoms with Crippen LogP contribution in [0.2, 0.25) is 0 Å². The van der Waals surface area contributed by atoms with Gasteiger partial charge in [-0.15, -0.1) is 0 Å². The highest BCUT2D eigenvalue weighted by atomic mass is 16.5. The number of aliphatic hydroxyl groups is 1. The minimum absolute atomic E-state index is 0.338. The van der Waals surface area contributed by atoms with E-state index in [0.29, 0.717) is 19.8 Å². The predicted octanol–water partition coefficient (Wildman–Crippen LogP) is 2.87. The fourth-order valence-electron chi connectivity index (χ4n) is 3.44. The zero-order valence-corrected chi connectivity index (χ0v) is 17.1. The van der Waals surface area contributed by atoms with Crippen LogP contribution in [0.4, 0.5) is 0 Å². The van der Waals surface area contributed by atoms with Crippen LogP contribution in [0.3, 0.4) is 0 Å². The molecule has 0 bridgehead atoms. The smallest absolute Gasteiger partial charge is 0.137 e. The number of rotatable bonds is 12. The van der Waals surface area contributed by atoms with E-state index in [0.717, 1.165) is 44.1 Å². The number of β-amino-alcohol motifs (C(OH)–C–C–N with tert-alkyl or cyclic N) is 1. The molecule has 1 saturated heterocycles. The minimum atomic E-state index is -0.441. The third-order valence-corrected chi connectivity index (χ3v) is 5.01. The van der Waals surface area contributed by atoms with Crippen LogP contribution in [0.15, 0.2) is 48.8 Å². The summed E-state index contributed by atoms with van der Waals surface area (Å²) in [5.74, 6) is 1.61. The molecule has 2 heterocycles. The fourth-order valence-corrected chi connectivity index (χ4v) is 3.44. The van der Waals surface area contributed by atoms with Gasteiger partial charge in [0, 0.05) is 19.3 Å². The lowest BCUT2D eigenvalue weighted by Gasteiger charge is -2.28. The van der Waals surface area contributed by atoms with Crippen molar-refractivity contribution in [3.63, 3.8) is 0 Å². The Hall–Kier alpha value is -2.15. The van der Waals surface area contributed by atoms with Gasteiger partial charge in [0.15, 0.2) is 0 Å². The second kappa shape index (κ2) is 12.4. The molecule has 158 valence electrons. The molecule has 1 aromatic carbocycles. The summed E-state index contributed by atoms with van der Waals surface area (Å²) < 4.78 is 11.4. The molecule has 3 rings (SSSR count). The number of ether oxygens (including phenoxy) is 2. The number of piperidine rings is 1. The van der Waals surface area contributed by atoms with Gasteiger partial charge >= 0.3 is 0 Å². The van der Waals surface area contributed by atoms with E-state index >= 15 is 0 Å². The zero-order valence-electron chi connectivity index (χ0n) is 17.1. The second-order valence-electron chi connectivity index (χ2n) is 7.54. The van der Waals surface area contributed by atoms with E-state index in [1.807, 2.05) is 24.3 Å². The molecule has 0 unspecified atom stereocenters. The number of hydrogen-bond acceptors (Lipinski definition) is 6. The lowest BCUT2D eigenvalue weighted by molar-refractivity contribution is 0.0617. The van der Waals surface area contributed by atoms with Crippen molar-refractivity contribution in [2.24, 2.45) is 0 Å². The number of aliphatic hydroxyl groups excluding tert-OH is 1. The van der Waals surface area contributed by atoms with Crippen molar-refractivity contribution in [2.45, 2.75) is 38.3 Å². The molecular weight excluding hydrogens is 366 g/mol. The predicted molar refractivity (Wildman–Crippen MR) is 114 cm³/mol. The third-order valence-electron chi connectivity index (χ3n) is 5.01. The first-order chi connectivity index (χ1) is 14.3. The monoisotopic (exact) mass is 399 g/mol. The average Bonchev–Trinajstić information content (AvgIpc) is 2.77. The lowest BCUT2D eigenvalue weighted by Crippen LogP contribution is -2.38. The van der Waals surface area contributed by atoms with Gasteiger partial charge in [0.25, 0.3) is 0 Å². The van der Waals surface area contributed by atoms with Gasteiger partial charge in [0.2, 0.25) is 0 Å². The molecule has 6 nitrogen and oxygen atoms in total. The van der Waals surface area contributed by atoms with Crippen molar-refractivity contribution >= 4 is 0 Å². The number of benzene rings is 1. The van der Waals surface area contributed by atoms with E-state index in [1.54, 1.807) is 12.4 Å². The highest BCUT2D eigenvalue weighted by Gasteiger charge is 2.14. The van der Waals surface area contributed by atoms with Gasteiger partial charge < -0.3 is 24.8 Å². The van der Waals surface area contributed by atoms with Crippen LogP contribution in [0.25, 0.3) is 0 Å². The van der Waals surface area contributed by atoms with Crippen LogP contribution in [0.1, 0.15) is 31.2 Å². The maximum absolute atomic E-state index is 10.2. The number of pyridine rings is 1. The highest BCUT2D eigenvalue weighted by molar-refractivity contribution is 5.27. The van der Waals surface area contributed by atoms with Crippen molar-refractivity contribution in [1.82, 2.24) is 15.2 Å². The molecule has 0 saturated carbocycles. The van der Waals surface area contributed by atoms with E-state index in [9.17, 15) is 5.11 Å². The molecule has 6 heteroatoms. The maximum Gasteiger partial charge on any atom is 0.137 e. The maximum atomic E-state index is 10.2. The largest absolute Gasteiger partial charge is 0.492 e. The summed E-state index contributed by atoms with van der Waals surface area (Å²) >= 11 is 0. The van der Waals surface area contributed by atoms with Crippen LogP contribution in [0, 0.1) is 0 Å². The second-order valence-corrected chi connectivity index (χ2v) is 7.54. The Labute approximate surface area is 173 Å². The van der Waals surface area contributed by atoms with Crippen LogP contribution >= 0.6 is 0 Å². The Morgan fingerprint density at radius 1 is 1.03 bits per heavy atom. The summed E-state index contributed by atoms with van der Waals surface area (Å²) in [6, 6.07) is 11.8. The van der Waals surface area contributed by atoms with Gasteiger partial charge in [0.05, 0.1) is 12.8 Å². The third kappa shape index (κ3) is 8.40. The average molecular weight is 400 g/mol. The quantitative estimate of drug-likeness (QED) is 0.535. The molecule has 1 atom stereocenters. The summed E-state index contributed by atoms with van der Waals surface area (Å²) in [5.41, 5.74) is 1.21. The molecule has 0 radical (unpaired) electrons. The minimum Gasteiger partial charge on any atom is -0.492 e. The van der Waals surface area contributed by atoms with E-state index in [1.165, 1.54) is 24.8 Å². The number of nitrogens with one attached hydrogen (secondary N) is 1. The normalized spacial score (nSPS) is 15.8. The Balaban J connectivity index is 1.25. The van der Waals surface area contributed by atoms with Gasteiger partial charge in [0.1, 0.15) is 24.2 Å². The standard InChI is InChI=1S/C23H33N3O3/c27-21(18-26-13-2-1-3-14-26)19-29-22-9-7-20(8-10-22)16-24-12-5-15-28-23-6-4-11-25-17-23/h4,6-11,17,21,24,27H,1-3,5,12-16,18-19H2/t21-/m0/s1. The van der Waals surface area contributed by atoms with Crippen LogP contribution in [0.5, 0.6) is 11.5 Å². The summed E-state index contributed by atoms with van der Waals surface area (Å²) in [6.07, 6.45) is 7.74. The summed E-state index contributed by atoms with van der Waals surface area (Å²) in [4.78, 5) is 6.36. The van der Waals surface area contributed by atoms with Crippen molar-refractivity contribution < 1.29 is 14.6 Å². The first-order valence-corrected chi connectivity index (χ1v) is 10.7. The number of nitrogens with zero attached hydrogens (tertiary/aromatic N) is 2. The number of hydrogen-bond donors (Lipinski definition) is 2. The molecule has 0 amide bonds. The topological polar surface area (TPSA) is 66.8 Å². The summed E-state index contributed by atoms with van der Waals surface area (Å²) in [6.45, 7) is 5.59. The van der Waals surface area contributed by atoms with Crippen molar-refractivity contribution in [3.05, 3.63) is 54.4 Å². The van der Waals surface area contributed by atoms with Gasteiger partial charge in [-0.05, 0) is 68.7 Å². The van der Waals surface area contributed by atoms with E-state index in [2.05, 4.69) is 27.3 Å². The van der Waals surface area contributed by atoms with Gasteiger partial charge in [-0.2, -0.15) is 0 Å². The Morgan fingerprint density at radius 2 is 1.86 bits per heavy atom. The van der Waals surface area contributed by atoms with E-state index < -0.39 is 6.10 Å². The zero-order chi connectivity index (χ0) is 20.2. The van der Waals surface area contributed by atoms with Crippen molar-refractivity contribution in [3.8, 4) is 11.5 Å². The molecule has 29 heavy (non-hydrogen) atoms. The molecule has 1 aliphatic rings. The molecule has 1 fully saturated rings. The van der Waals surface area contributed by atoms with Gasteiger partial charge in [-0.25, -0.2) is 0 Å². The Morgan fingerprint density at radius 3 is 2.62 bits per heavy atom. The molecule has 1 aliphatic heterocycles. The summed E-state index contributed by atoms with van der Waals surface area (Å²) in [7, 11) is 0. The Bertz CT molecular complexity index is 676. The molecule has 0 aliphatic carbocycles. The molecule has 1 aromatic heterocycles. The Kier molecular flexibility index (Phi) is 9.23. The van der Waals surface area contributed by atoms with Crippen molar-refractivity contribution in [1.29, 1.82) is 0 Å². The molecular formula is C23H33N3O3. The number of likely N-dealkylation sites (tertiary alicyclic amines) is 1.